The van der Waals surface area contributed by atoms with Crippen LogP contribution >= 0.6 is 0 Å². The van der Waals surface area contributed by atoms with Crippen molar-refractivity contribution in [3.8, 4) is 11.5 Å². The van der Waals surface area contributed by atoms with Crippen LogP contribution in [0.3, 0.4) is 0 Å². The van der Waals surface area contributed by atoms with Crippen LogP contribution in [0, 0.1) is 0 Å². The Morgan fingerprint density at radius 1 is 1.20 bits per heavy atom. The van der Waals surface area contributed by atoms with E-state index in [1.807, 2.05) is 30.3 Å². The molecule has 2 aromatic rings. The van der Waals surface area contributed by atoms with Crippen LogP contribution in [0.25, 0.3) is 6.08 Å². The minimum Gasteiger partial charge on any atom is -0.504 e. The smallest absolute Gasteiger partial charge is 0.161 e. The lowest BCUT2D eigenvalue weighted by Crippen LogP contribution is -1.95. The number of phenols is 1. The van der Waals surface area contributed by atoms with Crippen molar-refractivity contribution in [3.63, 3.8) is 0 Å². The lowest BCUT2D eigenvalue weighted by molar-refractivity contribution is -0.112. The summed E-state index contributed by atoms with van der Waals surface area (Å²) in [5, 5.41) is 9.89. The van der Waals surface area contributed by atoms with Crippen molar-refractivity contribution in [2.24, 2.45) is 0 Å². The fraction of sp³-hybridized carbons (Fsp3) is 0.118. The number of carbonyl (C=O) groups excluding carboxylic acids is 1. The van der Waals surface area contributed by atoms with Crippen LogP contribution in [0.1, 0.15) is 18.1 Å². The van der Waals surface area contributed by atoms with E-state index < -0.39 is 0 Å². The molecule has 2 rings (SSSR count). The number of ketones is 1. The molecule has 0 saturated heterocycles. The summed E-state index contributed by atoms with van der Waals surface area (Å²) < 4.78 is 5.56. The molecule has 102 valence electrons. The van der Waals surface area contributed by atoms with Crippen molar-refractivity contribution in [1.82, 2.24) is 0 Å². The van der Waals surface area contributed by atoms with Crippen LogP contribution in [-0.4, -0.2) is 10.9 Å². The summed E-state index contributed by atoms with van der Waals surface area (Å²) in [4.78, 5) is 10.9. The fourth-order valence-corrected chi connectivity index (χ4v) is 1.71. The van der Waals surface area contributed by atoms with Crippen LogP contribution in [0.5, 0.6) is 11.5 Å². The summed E-state index contributed by atoms with van der Waals surface area (Å²) in [7, 11) is 0. The second-order valence-electron chi connectivity index (χ2n) is 4.45. The zero-order valence-corrected chi connectivity index (χ0v) is 11.2. The van der Waals surface area contributed by atoms with Gasteiger partial charge < -0.3 is 9.84 Å². The second kappa shape index (κ2) is 6.57. The molecule has 0 saturated carbocycles. The van der Waals surface area contributed by atoms with Gasteiger partial charge in [0, 0.05) is 0 Å². The van der Waals surface area contributed by atoms with Crippen molar-refractivity contribution in [2.75, 3.05) is 0 Å². The van der Waals surface area contributed by atoms with Gasteiger partial charge in [-0.2, -0.15) is 0 Å². The van der Waals surface area contributed by atoms with Crippen LogP contribution < -0.4 is 4.74 Å². The van der Waals surface area contributed by atoms with Gasteiger partial charge in [0.15, 0.2) is 17.3 Å². The Labute approximate surface area is 118 Å². The molecule has 3 heteroatoms. The molecule has 0 amide bonds. The molecule has 0 spiro atoms. The highest BCUT2D eigenvalue weighted by atomic mass is 16.5. The summed E-state index contributed by atoms with van der Waals surface area (Å²) in [5.41, 5.74) is 1.79. The summed E-state index contributed by atoms with van der Waals surface area (Å²) in [6, 6.07) is 14.8. The summed E-state index contributed by atoms with van der Waals surface area (Å²) in [5.74, 6) is 0.453. The standard InChI is InChI=1S/C17H16O3/c1-13(18)7-8-14-9-10-17(16(19)11-14)20-12-15-5-3-2-4-6-15/h2-11,19H,12H2,1H3/b8-7+. The largest absolute Gasteiger partial charge is 0.504 e. The third-order valence-corrected chi connectivity index (χ3v) is 2.73. The first-order valence-electron chi connectivity index (χ1n) is 6.33. The van der Waals surface area contributed by atoms with Crippen molar-refractivity contribution in [1.29, 1.82) is 0 Å². The predicted molar refractivity (Wildman–Crippen MR) is 78.6 cm³/mol. The monoisotopic (exact) mass is 268 g/mol. The van der Waals surface area contributed by atoms with Crippen molar-refractivity contribution >= 4 is 11.9 Å². The number of hydrogen-bond donors (Lipinski definition) is 1. The number of phenolic OH excluding ortho intramolecular Hbond substituents is 1. The fourth-order valence-electron chi connectivity index (χ4n) is 1.71. The molecule has 1 N–H and O–H groups in total. The molecule has 3 nitrogen and oxygen atoms in total. The number of carbonyl (C=O) groups is 1. The molecular weight excluding hydrogens is 252 g/mol. The molecule has 0 aliphatic carbocycles. The molecule has 0 atom stereocenters. The number of aromatic hydroxyl groups is 1. The van der Waals surface area contributed by atoms with E-state index in [-0.39, 0.29) is 11.5 Å². The molecule has 0 heterocycles. The van der Waals surface area contributed by atoms with Gasteiger partial charge in [-0.25, -0.2) is 0 Å². The summed E-state index contributed by atoms with van der Waals surface area (Å²) >= 11 is 0. The van der Waals surface area contributed by atoms with Crippen LogP contribution in [0.4, 0.5) is 0 Å². The topological polar surface area (TPSA) is 46.5 Å². The molecule has 0 radical (unpaired) electrons. The first kappa shape index (κ1) is 13.9. The normalized spacial score (nSPS) is 10.7. The minimum atomic E-state index is -0.0334. The zero-order chi connectivity index (χ0) is 14.4. The maximum atomic E-state index is 10.9. The predicted octanol–water partition coefficient (Wildman–Crippen LogP) is 3.57. The van der Waals surface area contributed by atoms with Crippen molar-refractivity contribution < 1.29 is 14.6 Å². The number of allylic oxidation sites excluding steroid dienone is 1. The second-order valence-corrected chi connectivity index (χ2v) is 4.45. The lowest BCUT2D eigenvalue weighted by atomic mass is 10.1. The van der Waals surface area contributed by atoms with Crippen LogP contribution in [0.15, 0.2) is 54.6 Å². The highest BCUT2D eigenvalue weighted by Gasteiger charge is 2.03. The third-order valence-electron chi connectivity index (χ3n) is 2.73. The number of hydrogen-bond acceptors (Lipinski definition) is 3. The Morgan fingerprint density at radius 2 is 1.95 bits per heavy atom. The highest BCUT2D eigenvalue weighted by molar-refractivity contribution is 5.91. The van der Waals surface area contributed by atoms with Gasteiger partial charge in [-0.3, -0.25) is 4.79 Å². The van der Waals surface area contributed by atoms with Crippen molar-refractivity contribution in [3.05, 3.63) is 65.7 Å². The van der Waals surface area contributed by atoms with E-state index in [0.717, 1.165) is 11.1 Å². The van der Waals surface area contributed by atoms with Crippen LogP contribution in [-0.2, 0) is 11.4 Å². The molecule has 0 fully saturated rings. The molecule has 20 heavy (non-hydrogen) atoms. The van der Waals surface area contributed by atoms with Gasteiger partial charge in [0.1, 0.15) is 6.61 Å². The lowest BCUT2D eigenvalue weighted by Gasteiger charge is -2.08. The van der Waals surface area contributed by atoms with Crippen molar-refractivity contribution in [2.45, 2.75) is 13.5 Å². The van der Waals surface area contributed by atoms with E-state index in [1.54, 1.807) is 24.3 Å². The summed E-state index contributed by atoms with van der Waals surface area (Å²) in [6.45, 7) is 1.88. The SMILES string of the molecule is CC(=O)/C=C/c1ccc(OCc2ccccc2)c(O)c1. The maximum absolute atomic E-state index is 10.9. The first-order valence-corrected chi connectivity index (χ1v) is 6.33. The zero-order valence-electron chi connectivity index (χ0n) is 11.2. The number of benzene rings is 2. The van der Waals surface area contributed by atoms with Gasteiger partial charge in [-0.15, -0.1) is 0 Å². The van der Waals surface area contributed by atoms with Gasteiger partial charge in [0.2, 0.25) is 0 Å². The van der Waals surface area contributed by atoms with Gasteiger partial charge >= 0.3 is 0 Å². The molecular formula is C17H16O3. The average molecular weight is 268 g/mol. The van der Waals surface area contributed by atoms with E-state index in [4.69, 9.17) is 4.74 Å². The molecule has 0 aliphatic rings. The Kier molecular flexibility index (Phi) is 4.56. The molecule has 0 unspecified atom stereocenters. The van der Waals surface area contributed by atoms with Gasteiger partial charge in [-0.1, -0.05) is 42.5 Å². The summed E-state index contributed by atoms with van der Waals surface area (Å²) in [6.07, 6.45) is 3.11. The molecule has 0 aromatic heterocycles. The van der Waals surface area contributed by atoms with Gasteiger partial charge in [-0.05, 0) is 36.3 Å². The quantitative estimate of drug-likeness (QED) is 0.843. The Bertz CT molecular complexity index is 615. The minimum absolute atomic E-state index is 0.0334. The number of ether oxygens (including phenoxy) is 1. The van der Waals surface area contributed by atoms with E-state index in [1.165, 1.54) is 13.0 Å². The maximum Gasteiger partial charge on any atom is 0.161 e. The van der Waals surface area contributed by atoms with E-state index >= 15 is 0 Å². The molecule has 2 aromatic carbocycles. The highest BCUT2D eigenvalue weighted by Crippen LogP contribution is 2.28. The van der Waals surface area contributed by atoms with Gasteiger partial charge in [0.25, 0.3) is 0 Å². The van der Waals surface area contributed by atoms with Crippen LogP contribution in [0.2, 0.25) is 0 Å². The average Bonchev–Trinajstić information content (AvgIpc) is 2.45. The Hall–Kier alpha value is -2.55. The van der Waals surface area contributed by atoms with Gasteiger partial charge in [0.05, 0.1) is 0 Å². The van der Waals surface area contributed by atoms with E-state index in [2.05, 4.69) is 0 Å². The number of rotatable bonds is 5. The van der Waals surface area contributed by atoms with E-state index in [0.29, 0.717) is 12.4 Å². The molecule has 0 bridgehead atoms. The molecule has 0 aliphatic heterocycles. The Balaban J connectivity index is 2.04. The van der Waals surface area contributed by atoms with E-state index in [9.17, 15) is 9.90 Å². The first-order chi connectivity index (χ1) is 9.65. The Morgan fingerprint density at radius 3 is 2.60 bits per heavy atom. The third kappa shape index (κ3) is 3.99.